The third-order valence-electron chi connectivity index (χ3n) is 5.31. The summed E-state index contributed by atoms with van der Waals surface area (Å²) < 4.78 is 26.0. The molecule has 0 bridgehead atoms. The standard InChI is InChI=1S/C19H27N3O4S/c1-2-27(25,26)20-17-8-10-21(11-9-17)19(24)16-12-18(23)22(14-16)13-15-6-4-3-5-7-15/h3-7,16-17,20H,2,8-14H2,1H3. The van der Waals surface area contributed by atoms with E-state index in [1.807, 2.05) is 30.3 Å². The largest absolute Gasteiger partial charge is 0.342 e. The number of nitrogens with zero attached hydrogens (tertiary/aromatic N) is 2. The molecule has 1 N–H and O–H groups in total. The van der Waals surface area contributed by atoms with Gasteiger partial charge in [0.25, 0.3) is 0 Å². The van der Waals surface area contributed by atoms with Gasteiger partial charge < -0.3 is 9.80 Å². The van der Waals surface area contributed by atoms with E-state index in [9.17, 15) is 18.0 Å². The average molecular weight is 394 g/mol. The number of carbonyl (C=O) groups is 2. The minimum Gasteiger partial charge on any atom is -0.342 e. The van der Waals surface area contributed by atoms with Crippen LogP contribution in [-0.4, -0.2) is 61.5 Å². The summed E-state index contributed by atoms with van der Waals surface area (Å²) in [6.07, 6.45) is 1.48. The summed E-state index contributed by atoms with van der Waals surface area (Å²) in [4.78, 5) is 28.6. The maximum Gasteiger partial charge on any atom is 0.227 e. The monoisotopic (exact) mass is 393 g/mol. The van der Waals surface area contributed by atoms with Gasteiger partial charge in [-0.05, 0) is 25.3 Å². The number of nitrogens with one attached hydrogen (secondary N) is 1. The fourth-order valence-electron chi connectivity index (χ4n) is 3.71. The third-order valence-corrected chi connectivity index (χ3v) is 6.77. The highest BCUT2D eigenvalue weighted by Gasteiger charge is 2.37. The quantitative estimate of drug-likeness (QED) is 0.780. The second-order valence-corrected chi connectivity index (χ2v) is 9.32. The van der Waals surface area contributed by atoms with E-state index in [1.54, 1.807) is 16.7 Å². The maximum atomic E-state index is 12.8. The van der Waals surface area contributed by atoms with E-state index in [2.05, 4.69) is 4.72 Å². The van der Waals surface area contributed by atoms with Crippen molar-refractivity contribution in [3.8, 4) is 0 Å². The zero-order valence-corrected chi connectivity index (χ0v) is 16.5. The number of amides is 2. The molecule has 148 valence electrons. The Hall–Kier alpha value is -1.93. The predicted octanol–water partition coefficient (Wildman–Crippen LogP) is 0.965. The number of hydrogen-bond donors (Lipinski definition) is 1. The van der Waals surface area contributed by atoms with Crippen LogP contribution in [0.5, 0.6) is 0 Å². The molecule has 2 aliphatic heterocycles. The number of hydrogen-bond acceptors (Lipinski definition) is 4. The summed E-state index contributed by atoms with van der Waals surface area (Å²) in [5.41, 5.74) is 1.06. The molecule has 2 heterocycles. The Kier molecular flexibility index (Phi) is 6.16. The number of rotatable bonds is 6. The van der Waals surface area contributed by atoms with Crippen LogP contribution in [0.1, 0.15) is 31.7 Å². The Morgan fingerprint density at radius 1 is 1.19 bits per heavy atom. The van der Waals surface area contributed by atoms with Gasteiger partial charge in [-0.15, -0.1) is 0 Å². The van der Waals surface area contributed by atoms with E-state index >= 15 is 0 Å². The summed E-state index contributed by atoms with van der Waals surface area (Å²) in [7, 11) is -3.22. The molecule has 0 aliphatic carbocycles. The highest BCUT2D eigenvalue weighted by Crippen LogP contribution is 2.24. The van der Waals surface area contributed by atoms with Crippen molar-refractivity contribution in [3.05, 3.63) is 35.9 Å². The van der Waals surface area contributed by atoms with Crippen LogP contribution in [0, 0.1) is 5.92 Å². The number of likely N-dealkylation sites (tertiary alicyclic amines) is 2. The Bertz CT molecular complexity index is 773. The molecule has 3 rings (SSSR count). The molecule has 0 spiro atoms. The first-order valence-electron chi connectivity index (χ1n) is 9.48. The molecule has 1 unspecified atom stereocenters. The van der Waals surface area contributed by atoms with Crippen molar-refractivity contribution in [2.75, 3.05) is 25.4 Å². The molecule has 8 heteroatoms. The van der Waals surface area contributed by atoms with Crippen LogP contribution >= 0.6 is 0 Å². The van der Waals surface area contributed by atoms with E-state index in [1.165, 1.54) is 0 Å². The number of sulfonamides is 1. The lowest BCUT2D eigenvalue weighted by molar-refractivity contribution is -0.136. The highest BCUT2D eigenvalue weighted by molar-refractivity contribution is 7.89. The van der Waals surface area contributed by atoms with Crippen molar-refractivity contribution in [1.29, 1.82) is 0 Å². The summed E-state index contributed by atoms with van der Waals surface area (Å²) in [6, 6.07) is 9.66. The lowest BCUT2D eigenvalue weighted by atomic mass is 10.0. The Labute approximate surface area is 160 Å². The van der Waals surface area contributed by atoms with Crippen LogP contribution in [0.2, 0.25) is 0 Å². The minimum absolute atomic E-state index is 0.00992. The van der Waals surface area contributed by atoms with Gasteiger partial charge in [-0.2, -0.15) is 0 Å². The lowest BCUT2D eigenvalue weighted by Crippen LogP contribution is -2.48. The van der Waals surface area contributed by atoms with Gasteiger partial charge in [-0.3, -0.25) is 9.59 Å². The summed E-state index contributed by atoms with van der Waals surface area (Å²) in [5.74, 6) is -0.211. The molecule has 0 saturated carbocycles. The van der Waals surface area contributed by atoms with E-state index in [4.69, 9.17) is 0 Å². The summed E-state index contributed by atoms with van der Waals surface area (Å²) >= 11 is 0. The predicted molar refractivity (Wildman–Crippen MR) is 102 cm³/mol. The van der Waals surface area contributed by atoms with Crippen LogP contribution in [0.3, 0.4) is 0 Å². The Balaban J connectivity index is 1.51. The number of carbonyl (C=O) groups excluding carboxylic acids is 2. The molecular weight excluding hydrogens is 366 g/mol. The second kappa shape index (κ2) is 8.39. The molecule has 0 aromatic heterocycles. The minimum atomic E-state index is -3.22. The van der Waals surface area contributed by atoms with Crippen molar-refractivity contribution in [2.45, 2.75) is 38.8 Å². The van der Waals surface area contributed by atoms with Crippen molar-refractivity contribution < 1.29 is 18.0 Å². The van der Waals surface area contributed by atoms with Crippen molar-refractivity contribution in [3.63, 3.8) is 0 Å². The van der Waals surface area contributed by atoms with Gasteiger partial charge >= 0.3 is 0 Å². The number of piperidine rings is 1. The van der Waals surface area contributed by atoms with E-state index < -0.39 is 10.0 Å². The third kappa shape index (κ3) is 5.07. The molecule has 27 heavy (non-hydrogen) atoms. The summed E-state index contributed by atoms with van der Waals surface area (Å²) in [6.45, 7) is 3.65. The summed E-state index contributed by atoms with van der Waals surface area (Å²) in [5, 5.41) is 0. The maximum absolute atomic E-state index is 12.8. The van der Waals surface area contributed by atoms with Gasteiger partial charge in [0.2, 0.25) is 21.8 Å². The first-order valence-corrected chi connectivity index (χ1v) is 11.1. The normalized spacial score (nSPS) is 21.7. The smallest absolute Gasteiger partial charge is 0.227 e. The van der Waals surface area contributed by atoms with Gasteiger partial charge in [0, 0.05) is 38.6 Å². The van der Waals surface area contributed by atoms with Crippen LogP contribution < -0.4 is 4.72 Å². The zero-order valence-electron chi connectivity index (χ0n) is 15.6. The molecule has 2 amide bonds. The van der Waals surface area contributed by atoms with Crippen LogP contribution in [-0.2, 0) is 26.2 Å². The molecule has 1 aromatic rings. The topological polar surface area (TPSA) is 86.8 Å². The van der Waals surface area contributed by atoms with Gasteiger partial charge in [-0.1, -0.05) is 30.3 Å². The molecule has 1 atom stereocenters. The molecule has 0 radical (unpaired) electrons. The zero-order chi connectivity index (χ0) is 19.4. The van der Waals surface area contributed by atoms with Crippen LogP contribution in [0.25, 0.3) is 0 Å². The Morgan fingerprint density at radius 3 is 2.48 bits per heavy atom. The Morgan fingerprint density at radius 2 is 1.85 bits per heavy atom. The first kappa shape index (κ1) is 19.8. The van der Waals surface area contributed by atoms with E-state index in [-0.39, 0.29) is 35.9 Å². The molecular formula is C19H27N3O4S. The molecule has 7 nitrogen and oxygen atoms in total. The van der Waals surface area contributed by atoms with Crippen molar-refractivity contribution in [1.82, 2.24) is 14.5 Å². The fourth-order valence-corrected chi connectivity index (χ4v) is 4.62. The number of benzene rings is 1. The molecule has 2 saturated heterocycles. The second-order valence-electron chi connectivity index (χ2n) is 7.28. The lowest BCUT2D eigenvalue weighted by Gasteiger charge is -2.33. The van der Waals surface area contributed by atoms with Crippen molar-refractivity contribution >= 4 is 21.8 Å². The SMILES string of the molecule is CCS(=O)(=O)NC1CCN(C(=O)C2CC(=O)N(Cc3ccccc3)C2)CC1. The van der Waals surface area contributed by atoms with Gasteiger partial charge in [0.15, 0.2) is 0 Å². The van der Waals surface area contributed by atoms with Gasteiger partial charge in [0.05, 0.1) is 11.7 Å². The van der Waals surface area contributed by atoms with E-state index in [0.717, 1.165) is 5.56 Å². The fraction of sp³-hybridized carbons (Fsp3) is 0.579. The van der Waals surface area contributed by atoms with Crippen LogP contribution in [0.4, 0.5) is 0 Å². The van der Waals surface area contributed by atoms with Gasteiger partial charge in [-0.25, -0.2) is 13.1 Å². The van der Waals surface area contributed by atoms with E-state index in [0.29, 0.717) is 39.0 Å². The highest BCUT2D eigenvalue weighted by atomic mass is 32.2. The molecule has 2 aliphatic rings. The average Bonchev–Trinajstić information content (AvgIpc) is 3.03. The van der Waals surface area contributed by atoms with Crippen LogP contribution in [0.15, 0.2) is 30.3 Å². The van der Waals surface area contributed by atoms with Crippen molar-refractivity contribution in [2.24, 2.45) is 5.92 Å². The first-order chi connectivity index (χ1) is 12.9. The molecule has 1 aromatic carbocycles. The van der Waals surface area contributed by atoms with Gasteiger partial charge in [0.1, 0.15) is 0 Å². The molecule has 2 fully saturated rings.